The summed E-state index contributed by atoms with van der Waals surface area (Å²) in [4.78, 5) is 12.0. The van der Waals surface area contributed by atoms with Crippen molar-refractivity contribution in [3.8, 4) is 5.75 Å². The number of anilines is 1. The molecular formula is C15H23NO3. The molecule has 0 radical (unpaired) electrons. The smallest absolute Gasteiger partial charge is 0.344 e. The van der Waals surface area contributed by atoms with Gasteiger partial charge < -0.3 is 15.2 Å². The van der Waals surface area contributed by atoms with Crippen LogP contribution in [0.25, 0.3) is 0 Å². The fourth-order valence-electron chi connectivity index (χ4n) is 1.77. The number of hydrogen-bond acceptors (Lipinski definition) is 4. The van der Waals surface area contributed by atoms with Gasteiger partial charge in [0.05, 0.1) is 13.2 Å². The summed E-state index contributed by atoms with van der Waals surface area (Å²) in [5.74, 6) is 0.682. The Labute approximate surface area is 114 Å². The van der Waals surface area contributed by atoms with Crippen molar-refractivity contribution in [1.82, 2.24) is 0 Å². The molecule has 0 spiro atoms. The second-order valence-corrected chi connectivity index (χ2v) is 4.83. The van der Waals surface area contributed by atoms with Gasteiger partial charge in [0.1, 0.15) is 11.3 Å². The highest BCUT2D eigenvalue weighted by molar-refractivity contribution is 5.98. The zero-order valence-electron chi connectivity index (χ0n) is 11.9. The van der Waals surface area contributed by atoms with E-state index in [1.54, 1.807) is 18.2 Å². The molecule has 0 bridgehead atoms. The third-order valence-electron chi connectivity index (χ3n) is 2.72. The van der Waals surface area contributed by atoms with E-state index in [9.17, 15) is 4.79 Å². The second-order valence-electron chi connectivity index (χ2n) is 4.83. The molecule has 1 aromatic rings. The number of carbonyl (C=O) groups is 1. The van der Waals surface area contributed by atoms with Crippen LogP contribution >= 0.6 is 0 Å². The zero-order valence-corrected chi connectivity index (χ0v) is 11.9. The topological polar surface area (TPSA) is 61.5 Å². The van der Waals surface area contributed by atoms with Gasteiger partial charge in [-0.15, -0.1) is 0 Å². The Morgan fingerprint density at radius 3 is 2.74 bits per heavy atom. The number of nitrogens with two attached hydrogens (primary N) is 1. The van der Waals surface area contributed by atoms with E-state index < -0.39 is 5.97 Å². The lowest BCUT2D eigenvalue weighted by molar-refractivity contribution is 0.0491. The van der Waals surface area contributed by atoms with Crippen molar-refractivity contribution < 1.29 is 14.3 Å². The molecule has 0 saturated heterocycles. The normalized spacial score (nSPS) is 10.5. The van der Waals surface area contributed by atoms with Crippen molar-refractivity contribution in [2.75, 3.05) is 18.9 Å². The van der Waals surface area contributed by atoms with Crippen molar-refractivity contribution in [3.63, 3.8) is 0 Å². The minimum Gasteiger partial charge on any atom is -0.493 e. The first-order valence-electron chi connectivity index (χ1n) is 6.74. The third-order valence-corrected chi connectivity index (χ3v) is 2.72. The van der Waals surface area contributed by atoms with Crippen molar-refractivity contribution in [1.29, 1.82) is 0 Å². The largest absolute Gasteiger partial charge is 0.493 e. The van der Waals surface area contributed by atoms with Gasteiger partial charge in [-0.25, -0.2) is 4.79 Å². The van der Waals surface area contributed by atoms with Crippen LogP contribution in [0.2, 0.25) is 0 Å². The molecule has 1 aromatic carbocycles. The molecule has 4 heteroatoms. The van der Waals surface area contributed by atoms with Crippen molar-refractivity contribution in [2.24, 2.45) is 5.92 Å². The predicted octanol–water partition coefficient (Wildman–Crippen LogP) is 3.26. The van der Waals surface area contributed by atoms with E-state index in [2.05, 4.69) is 13.8 Å². The van der Waals surface area contributed by atoms with Crippen LogP contribution in [0.5, 0.6) is 5.75 Å². The highest BCUT2D eigenvalue weighted by atomic mass is 16.5. The molecule has 2 N–H and O–H groups in total. The van der Waals surface area contributed by atoms with E-state index in [4.69, 9.17) is 15.2 Å². The fraction of sp³-hybridized carbons (Fsp3) is 0.533. The van der Waals surface area contributed by atoms with Gasteiger partial charge in [0.2, 0.25) is 0 Å². The summed E-state index contributed by atoms with van der Waals surface area (Å²) in [6.45, 7) is 7.04. The van der Waals surface area contributed by atoms with Crippen LogP contribution in [-0.2, 0) is 4.74 Å². The van der Waals surface area contributed by atoms with Crippen LogP contribution in [0.3, 0.4) is 0 Å². The van der Waals surface area contributed by atoms with Gasteiger partial charge in [0.15, 0.2) is 0 Å². The molecule has 0 aromatic heterocycles. The summed E-state index contributed by atoms with van der Waals surface area (Å²) in [6, 6.07) is 5.16. The monoisotopic (exact) mass is 265 g/mol. The summed E-state index contributed by atoms with van der Waals surface area (Å²) in [5.41, 5.74) is 6.54. The summed E-state index contributed by atoms with van der Waals surface area (Å²) < 4.78 is 10.7. The van der Waals surface area contributed by atoms with Crippen molar-refractivity contribution in [3.05, 3.63) is 23.8 Å². The number of rotatable bonds is 7. The number of hydrogen-bond donors (Lipinski definition) is 1. The number of ether oxygens (including phenoxy) is 2. The summed E-state index contributed by atoms with van der Waals surface area (Å²) in [7, 11) is 0. The summed E-state index contributed by atoms with van der Waals surface area (Å²) in [6.07, 6.45) is 1.90. The minimum absolute atomic E-state index is 0.328. The Kier molecular flexibility index (Phi) is 6.19. The lowest BCUT2D eigenvalue weighted by atomic mass is 10.1. The van der Waals surface area contributed by atoms with E-state index in [1.807, 2.05) is 6.92 Å². The van der Waals surface area contributed by atoms with Gasteiger partial charge >= 0.3 is 5.97 Å². The number of esters is 1. The van der Waals surface area contributed by atoms with E-state index in [1.165, 1.54) is 0 Å². The van der Waals surface area contributed by atoms with Gasteiger partial charge in [-0.3, -0.25) is 0 Å². The molecule has 1 rings (SSSR count). The molecule has 0 heterocycles. The summed E-state index contributed by atoms with van der Waals surface area (Å²) in [5, 5.41) is 0. The molecule has 0 aliphatic carbocycles. The molecular weight excluding hydrogens is 242 g/mol. The Morgan fingerprint density at radius 1 is 1.37 bits per heavy atom. The molecule has 0 saturated carbocycles. The maximum atomic E-state index is 12.0. The molecule has 0 aliphatic heterocycles. The van der Waals surface area contributed by atoms with Crippen LogP contribution in [-0.4, -0.2) is 19.2 Å². The summed E-state index contributed by atoms with van der Waals surface area (Å²) >= 11 is 0. The molecule has 106 valence electrons. The highest BCUT2D eigenvalue weighted by Gasteiger charge is 2.17. The Balaban J connectivity index is 2.65. The third kappa shape index (κ3) is 4.81. The first kappa shape index (κ1) is 15.3. The minimum atomic E-state index is -0.412. The molecule has 19 heavy (non-hydrogen) atoms. The van der Waals surface area contributed by atoms with E-state index in [0.29, 0.717) is 36.1 Å². The van der Waals surface area contributed by atoms with Gasteiger partial charge in [-0.05, 0) is 37.8 Å². The van der Waals surface area contributed by atoms with Gasteiger partial charge in [-0.1, -0.05) is 19.9 Å². The lowest BCUT2D eigenvalue weighted by Gasteiger charge is -2.12. The zero-order chi connectivity index (χ0) is 14.3. The number of benzene rings is 1. The first-order valence-corrected chi connectivity index (χ1v) is 6.74. The standard InChI is InChI=1S/C15H23NO3/c1-4-18-13-9-5-8-12(16)14(13)15(17)19-10-6-7-11(2)3/h5,8-9,11H,4,6-7,10,16H2,1-3H3. The van der Waals surface area contributed by atoms with Gasteiger partial charge in [0.25, 0.3) is 0 Å². The number of nitrogen functional groups attached to an aromatic ring is 1. The van der Waals surface area contributed by atoms with Crippen molar-refractivity contribution in [2.45, 2.75) is 33.6 Å². The molecule has 0 amide bonds. The van der Waals surface area contributed by atoms with Gasteiger partial charge in [0, 0.05) is 5.69 Å². The maximum absolute atomic E-state index is 12.0. The quantitative estimate of drug-likeness (QED) is 0.467. The second kappa shape index (κ2) is 7.67. The van der Waals surface area contributed by atoms with Crippen LogP contribution in [0, 0.1) is 5.92 Å². The van der Waals surface area contributed by atoms with Crippen LogP contribution in [0.15, 0.2) is 18.2 Å². The highest BCUT2D eigenvalue weighted by Crippen LogP contribution is 2.25. The van der Waals surface area contributed by atoms with Crippen LogP contribution in [0.1, 0.15) is 44.0 Å². The Hall–Kier alpha value is -1.71. The Morgan fingerprint density at radius 2 is 2.11 bits per heavy atom. The number of carbonyl (C=O) groups excluding carboxylic acids is 1. The van der Waals surface area contributed by atoms with E-state index in [-0.39, 0.29) is 0 Å². The van der Waals surface area contributed by atoms with Gasteiger partial charge in [-0.2, -0.15) is 0 Å². The average molecular weight is 265 g/mol. The predicted molar refractivity (Wildman–Crippen MR) is 76.4 cm³/mol. The fourth-order valence-corrected chi connectivity index (χ4v) is 1.77. The lowest BCUT2D eigenvalue weighted by Crippen LogP contribution is -2.12. The maximum Gasteiger partial charge on any atom is 0.344 e. The molecule has 0 atom stereocenters. The average Bonchev–Trinajstić information content (AvgIpc) is 2.35. The Bertz CT molecular complexity index is 416. The van der Waals surface area contributed by atoms with E-state index in [0.717, 1.165) is 12.8 Å². The van der Waals surface area contributed by atoms with E-state index >= 15 is 0 Å². The molecule has 0 unspecified atom stereocenters. The molecule has 4 nitrogen and oxygen atoms in total. The van der Waals surface area contributed by atoms with Crippen LogP contribution < -0.4 is 10.5 Å². The van der Waals surface area contributed by atoms with Crippen LogP contribution in [0.4, 0.5) is 5.69 Å². The SMILES string of the molecule is CCOc1cccc(N)c1C(=O)OCCCC(C)C. The van der Waals surface area contributed by atoms with Crippen molar-refractivity contribution >= 4 is 11.7 Å². The molecule has 0 aliphatic rings. The molecule has 0 fully saturated rings. The first-order chi connectivity index (χ1) is 9.06.